The molecule has 0 spiro atoms. The van der Waals surface area contributed by atoms with Gasteiger partial charge in [0.15, 0.2) is 0 Å². The molecule has 64 valence electrons. The summed E-state index contributed by atoms with van der Waals surface area (Å²) in [4.78, 5) is 10.4. The van der Waals surface area contributed by atoms with Crippen molar-refractivity contribution in [1.29, 1.82) is 0 Å². The Hall–Kier alpha value is -0.260. The monoisotopic (exact) mass is 178 g/mol. The van der Waals surface area contributed by atoms with E-state index in [4.69, 9.17) is 14.6 Å². The largest absolute Gasteiger partial charge is 0.435 e. The Balaban J connectivity index is 2.24. The molecule has 1 rings (SSSR count). The number of carbonyl (C=O) groups is 1. The van der Waals surface area contributed by atoms with Crippen molar-refractivity contribution in [3.63, 3.8) is 0 Å². The van der Waals surface area contributed by atoms with Gasteiger partial charge in [-0.2, -0.15) is 0 Å². The van der Waals surface area contributed by atoms with Gasteiger partial charge in [0.25, 0.3) is 0 Å². The molecule has 0 aliphatic carbocycles. The highest BCUT2D eigenvalue weighted by Gasteiger charge is 2.26. The number of hydrogen-bond donors (Lipinski definition) is 1. The van der Waals surface area contributed by atoms with Gasteiger partial charge < -0.3 is 14.6 Å². The van der Waals surface area contributed by atoms with Crippen molar-refractivity contribution >= 4 is 17.7 Å². The van der Waals surface area contributed by atoms with Gasteiger partial charge in [-0.15, -0.1) is 11.8 Å². The van der Waals surface area contributed by atoms with Crippen LogP contribution in [0, 0.1) is 0 Å². The minimum Gasteiger partial charge on any atom is -0.435 e. The molecule has 0 saturated carbocycles. The molecule has 0 amide bonds. The van der Waals surface area contributed by atoms with Crippen molar-refractivity contribution in [1.82, 2.24) is 0 Å². The van der Waals surface area contributed by atoms with Crippen molar-refractivity contribution in [2.45, 2.75) is 18.6 Å². The van der Waals surface area contributed by atoms with Crippen LogP contribution in [0.3, 0.4) is 0 Å². The Morgan fingerprint density at radius 3 is 3.09 bits per heavy atom. The first-order chi connectivity index (χ1) is 5.22. The lowest BCUT2D eigenvalue weighted by Crippen LogP contribution is -2.20. The van der Waals surface area contributed by atoms with Crippen molar-refractivity contribution < 1.29 is 19.4 Å². The van der Waals surface area contributed by atoms with E-state index < -0.39 is 6.29 Å². The quantitative estimate of drug-likeness (QED) is 0.601. The lowest BCUT2D eigenvalue weighted by Gasteiger charge is -2.09. The van der Waals surface area contributed by atoms with E-state index in [9.17, 15) is 4.79 Å². The van der Waals surface area contributed by atoms with E-state index >= 15 is 0 Å². The van der Waals surface area contributed by atoms with Crippen LogP contribution >= 0.6 is 11.8 Å². The summed E-state index contributed by atoms with van der Waals surface area (Å²) >= 11 is 1.44. The Bertz CT molecular complexity index is 150. The molecule has 0 aromatic rings. The number of ether oxygens (including phenoxy) is 2. The van der Waals surface area contributed by atoms with Gasteiger partial charge in [-0.05, 0) is 0 Å². The summed E-state index contributed by atoms with van der Waals surface area (Å²) < 4.78 is 9.84. The summed E-state index contributed by atoms with van der Waals surface area (Å²) in [5.41, 5.74) is -0.237. The highest BCUT2D eigenvalue weighted by Crippen LogP contribution is 2.25. The first-order valence-electron chi connectivity index (χ1n) is 3.27. The minimum absolute atomic E-state index is 0.0393. The normalized spacial score (nSPS) is 30.4. The standard InChI is InChI=1S/C6H10O4S/c1-4(8)9-5-3-11-6(2-7)10-5/h5-7H,2-3H2,1H3/t5?,6-/m0/s1. The van der Waals surface area contributed by atoms with Crippen molar-refractivity contribution in [2.24, 2.45) is 0 Å². The molecule has 11 heavy (non-hydrogen) atoms. The summed E-state index contributed by atoms with van der Waals surface area (Å²) in [5.74, 6) is 0.249. The second-order valence-electron chi connectivity index (χ2n) is 2.12. The fourth-order valence-electron chi connectivity index (χ4n) is 0.776. The zero-order valence-corrected chi connectivity index (χ0v) is 6.97. The van der Waals surface area contributed by atoms with Crippen LogP contribution in [0.4, 0.5) is 0 Å². The zero-order valence-electron chi connectivity index (χ0n) is 6.15. The Kier molecular flexibility index (Phi) is 3.16. The predicted molar refractivity (Wildman–Crippen MR) is 40.0 cm³/mol. The van der Waals surface area contributed by atoms with Crippen LogP contribution in [0.5, 0.6) is 0 Å². The van der Waals surface area contributed by atoms with Gasteiger partial charge in [-0.1, -0.05) is 0 Å². The first kappa shape index (κ1) is 8.83. The Morgan fingerprint density at radius 2 is 2.64 bits per heavy atom. The number of aliphatic hydroxyl groups is 1. The molecule has 0 bridgehead atoms. The van der Waals surface area contributed by atoms with Crippen LogP contribution in [0.1, 0.15) is 6.92 Å². The second kappa shape index (κ2) is 3.94. The number of carbonyl (C=O) groups excluding carboxylic acids is 1. The van der Waals surface area contributed by atoms with E-state index in [1.807, 2.05) is 0 Å². The van der Waals surface area contributed by atoms with Gasteiger partial charge >= 0.3 is 5.97 Å². The number of esters is 1. The van der Waals surface area contributed by atoms with Crippen LogP contribution in [0.25, 0.3) is 0 Å². The highest BCUT2D eigenvalue weighted by atomic mass is 32.2. The van der Waals surface area contributed by atoms with Crippen molar-refractivity contribution in [2.75, 3.05) is 12.4 Å². The molecule has 1 N–H and O–H groups in total. The number of rotatable bonds is 2. The smallest absolute Gasteiger partial charge is 0.304 e. The maximum absolute atomic E-state index is 10.4. The number of aliphatic hydroxyl groups excluding tert-OH is 1. The Labute approximate surface area is 68.9 Å². The zero-order chi connectivity index (χ0) is 8.27. The Morgan fingerprint density at radius 1 is 1.91 bits per heavy atom. The fourth-order valence-corrected chi connectivity index (χ4v) is 1.60. The fraction of sp³-hybridized carbons (Fsp3) is 0.833. The average molecular weight is 178 g/mol. The third-order valence-electron chi connectivity index (χ3n) is 1.17. The van der Waals surface area contributed by atoms with Crippen LogP contribution in [0.2, 0.25) is 0 Å². The summed E-state index contributed by atoms with van der Waals surface area (Å²) in [6.07, 6.45) is -0.477. The van der Waals surface area contributed by atoms with Crippen LogP contribution < -0.4 is 0 Å². The molecule has 1 unspecified atom stereocenters. The van der Waals surface area contributed by atoms with E-state index in [1.165, 1.54) is 18.7 Å². The molecule has 1 heterocycles. The molecule has 5 heteroatoms. The van der Waals surface area contributed by atoms with Gasteiger partial charge in [0.1, 0.15) is 5.44 Å². The minimum atomic E-state index is -0.477. The lowest BCUT2D eigenvalue weighted by atomic mass is 10.7. The summed E-state index contributed by atoms with van der Waals surface area (Å²) in [5, 5.41) is 8.63. The molecule has 1 fully saturated rings. The van der Waals surface area contributed by atoms with E-state index in [1.54, 1.807) is 0 Å². The van der Waals surface area contributed by atoms with Gasteiger partial charge in [0.05, 0.1) is 12.4 Å². The molecular weight excluding hydrogens is 168 g/mol. The lowest BCUT2D eigenvalue weighted by molar-refractivity contribution is -0.171. The van der Waals surface area contributed by atoms with E-state index in [2.05, 4.69) is 0 Å². The maximum atomic E-state index is 10.4. The average Bonchev–Trinajstić information content (AvgIpc) is 2.34. The van der Waals surface area contributed by atoms with Gasteiger partial charge in [-0.3, -0.25) is 4.79 Å². The molecule has 1 saturated heterocycles. The van der Waals surface area contributed by atoms with Crippen molar-refractivity contribution in [3.05, 3.63) is 0 Å². The molecule has 0 aromatic heterocycles. The number of hydrogen-bond acceptors (Lipinski definition) is 5. The van der Waals surface area contributed by atoms with Crippen LogP contribution in [0.15, 0.2) is 0 Å². The molecule has 1 aliphatic heterocycles. The third kappa shape index (κ3) is 2.69. The molecule has 1 aliphatic rings. The molecule has 2 atom stereocenters. The summed E-state index contributed by atoms with van der Waals surface area (Å²) in [6.45, 7) is 1.29. The van der Waals surface area contributed by atoms with E-state index in [-0.39, 0.29) is 18.0 Å². The third-order valence-corrected chi connectivity index (χ3v) is 2.26. The summed E-state index contributed by atoms with van der Waals surface area (Å²) in [6, 6.07) is 0. The molecule has 0 aromatic carbocycles. The van der Waals surface area contributed by atoms with Crippen molar-refractivity contribution in [3.8, 4) is 0 Å². The summed E-state index contributed by atoms with van der Waals surface area (Å²) in [7, 11) is 0. The van der Waals surface area contributed by atoms with E-state index in [0.717, 1.165) is 0 Å². The van der Waals surface area contributed by atoms with Crippen LogP contribution in [-0.2, 0) is 14.3 Å². The second-order valence-corrected chi connectivity index (χ2v) is 3.31. The first-order valence-corrected chi connectivity index (χ1v) is 4.32. The molecule has 0 radical (unpaired) electrons. The van der Waals surface area contributed by atoms with E-state index in [0.29, 0.717) is 5.75 Å². The van der Waals surface area contributed by atoms with Gasteiger partial charge in [0.2, 0.25) is 6.29 Å². The molecule has 4 nitrogen and oxygen atoms in total. The van der Waals surface area contributed by atoms with Gasteiger partial charge in [0, 0.05) is 6.92 Å². The van der Waals surface area contributed by atoms with Gasteiger partial charge in [-0.25, -0.2) is 0 Å². The highest BCUT2D eigenvalue weighted by molar-refractivity contribution is 8.00. The molecular formula is C6H10O4S. The van der Waals surface area contributed by atoms with Crippen LogP contribution in [-0.4, -0.2) is 35.2 Å². The maximum Gasteiger partial charge on any atom is 0.304 e. The number of thioether (sulfide) groups is 1. The SMILES string of the molecule is CC(=O)OC1CS[C@@H](CO)O1. The predicted octanol–water partition coefficient (Wildman–Crippen LogP) is -0.0426. The topological polar surface area (TPSA) is 55.8 Å².